The molecule has 0 radical (unpaired) electrons. The number of nitrogens with zero attached hydrogens (tertiary/aromatic N) is 1. The Kier molecular flexibility index (Phi) is 5.11. The van der Waals surface area contributed by atoms with Crippen LogP contribution in [0.4, 0.5) is 0 Å². The van der Waals surface area contributed by atoms with E-state index in [0.29, 0.717) is 0 Å². The lowest BCUT2D eigenvalue weighted by atomic mass is 9.93. The van der Waals surface area contributed by atoms with Gasteiger partial charge in [0.2, 0.25) is 0 Å². The minimum atomic E-state index is 0.749. The van der Waals surface area contributed by atoms with E-state index in [1.807, 2.05) is 0 Å². The first-order chi connectivity index (χ1) is 7.90. The summed E-state index contributed by atoms with van der Waals surface area (Å²) < 4.78 is 0. The van der Waals surface area contributed by atoms with Gasteiger partial charge in [0.15, 0.2) is 0 Å². The molecule has 16 heavy (non-hydrogen) atoms. The van der Waals surface area contributed by atoms with E-state index in [-0.39, 0.29) is 0 Å². The second-order valence-corrected chi connectivity index (χ2v) is 5.62. The van der Waals surface area contributed by atoms with Crippen molar-refractivity contribution in [3.05, 3.63) is 0 Å². The van der Waals surface area contributed by atoms with Crippen LogP contribution in [0.1, 0.15) is 57.8 Å². The third kappa shape index (κ3) is 3.46. The van der Waals surface area contributed by atoms with Gasteiger partial charge in [-0.25, -0.2) is 0 Å². The molecule has 0 aromatic heterocycles. The molecule has 0 bridgehead atoms. The summed E-state index contributed by atoms with van der Waals surface area (Å²) in [6.07, 6.45) is 13.0. The van der Waals surface area contributed by atoms with Crippen molar-refractivity contribution in [2.75, 3.05) is 20.1 Å². The second kappa shape index (κ2) is 6.61. The lowest BCUT2D eigenvalue weighted by molar-refractivity contribution is 0.119. The van der Waals surface area contributed by atoms with Crippen LogP contribution in [0.25, 0.3) is 0 Å². The maximum atomic E-state index is 3.46. The molecule has 1 saturated heterocycles. The highest BCUT2D eigenvalue weighted by atomic mass is 15.2. The van der Waals surface area contributed by atoms with Crippen molar-refractivity contribution in [1.82, 2.24) is 10.2 Å². The topological polar surface area (TPSA) is 15.3 Å². The Morgan fingerprint density at radius 2 is 1.56 bits per heavy atom. The zero-order valence-corrected chi connectivity index (χ0v) is 10.9. The predicted molar refractivity (Wildman–Crippen MR) is 69.8 cm³/mol. The van der Waals surface area contributed by atoms with Crippen molar-refractivity contribution in [1.29, 1.82) is 0 Å². The molecule has 1 unspecified atom stereocenters. The lowest BCUT2D eigenvalue weighted by Crippen LogP contribution is -2.48. The molecule has 1 heterocycles. The number of rotatable bonds is 2. The molecule has 94 valence electrons. The molecule has 2 rings (SSSR count). The van der Waals surface area contributed by atoms with E-state index in [4.69, 9.17) is 0 Å². The fourth-order valence-corrected chi connectivity index (χ4v) is 3.37. The molecule has 2 nitrogen and oxygen atoms in total. The Bertz CT molecular complexity index is 185. The molecule has 1 aliphatic heterocycles. The Morgan fingerprint density at radius 1 is 0.875 bits per heavy atom. The Hall–Kier alpha value is -0.0800. The minimum Gasteiger partial charge on any atom is -0.316 e. The first-order valence-electron chi connectivity index (χ1n) is 7.31. The van der Waals surface area contributed by atoms with E-state index in [0.717, 1.165) is 12.1 Å². The fourth-order valence-electron chi connectivity index (χ4n) is 3.37. The van der Waals surface area contributed by atoms with E-state index in [1.54, 1.807) is 0 Å². The zero-order chi connectivity index (χ0) is 11.2. The van der Waals surface area contributed by atoms with E-state index >= 15 is 0 Å². The van der Waals surface area contributed by atoms with Crippen LogP contribution >= 0.6 is 0 Å². The highest BCUT2D eigenvalue weighted by Gasteiger charge is 2.24. The number of hydrogen-bond donors (Lipinski definition) is 1. The predicted octanol–water partition coefficient (Wildman–Crippen LogP) is 2.78. The molecule has 1 aliphatic carbocycles. The average molecular weight is 224 g/mol. The summed E-state index contributed by atoms with van der Waals surface area (Å²) in [5.74, 6) is 0. The monoisotopic (exact) mass is 224 g/mol. The van der Waals surface area contributed by atoms with E-state index in [1.165, 1.54) is 70.9 Å². The minimum absolute atomic E-state index is 0.749. The highest BCUT2D eigenvalue weighted by Crippen LogP contribution is 2.24. The van der Waals surface area contributed by atoms with Crippen LogP contribution in [-0.2, 0) is 0 Å². The average Bonchev–Trinajstić information content (AvgIpc) is 2.29. The summed E-state index contributed by atoms with van der Waals surface area (Å²) >= 11 is 0. The van der Waals surface area contributed by atoms with Gasteiger partial charge in [-0.3, -0.25) is 4.90 Å². The Balaban J connectivity index is 1.83. The molecular formula is C14H28N2. The van der Waals surface area contributed by atoms with Gasteiger partial charge in [0, 0.05) is 18.6 Å². The van der Waals surface area contributed by atoms with Gasteiger partial charge >= 0.3 is 0 Å². The van der Waals surface area contributed by atoms with Crippen molar-refractivity contribution in [3.63, 3.8) is 0 Å². The van der Waals surface area contributed by atoms with Gasteiger partial charge < -0.3 is 5.32 Å². The van der Waals surface area contributed by atoms with Crippen molar-refractivity contribution in [3.8, 4) is 0 Å². The molecule has 2 aliphatic rings. The molecule has 2 heteroatoms. The molecular weight excluding hydrogens is 196 g/mol. The van der Waals surface area contributed by atoms with Crippen LogP contribution in [-0.4, -0.2) is 37.1 Å². The highest BCUT2D eigenvalue weighted by molar-refractivity contribution is 4.82. The first kappa shape index (κ1) is 12.4. The standard InChI is InChI=1S/C14H28N2/c1-15-13-8-7-11-16(12-13)14-9-5-3-2-4-6-10-14/h13-15H,2-12H2,1H3. The summed E-state index contributed by atoms with van der Waals surface area (Å²) in [6, 6.07) is 1.65. The van der Waals surface area contributed by atoms with Crippen molar-refractivity contribution >= 4 is 0 Å². The van der Waals surface area contributed by atoms with Crippen LogP contribution in [0.15, 0.2) is 0 Å². The van der Waals surface area contributed by atoms with Gasteiger partial charge in [-0.15, -0.1) is 0 Å². The van der Waals surface area contributed by atoms with Crippen molar-refractivity contribution in [2.45, 2.75) is 69.9 Å². The van der Waals surface area contributed by atoms with Crippen LogP contribution in [0.3, 0.4) is 0 Å². The second-order valence-electron chi connectivity index (χ2n) is 5.62. The molecule has 0 aromatic carbocycles. The van der Waals surface area contributed by atoms with Gasteiger partial charge in [-0.1, -0.05) is 32.1 Å². The maximum absolute atomic E-state index is 3.46. The van der Waals surface area contributed by atoms with Crippen LogP contribution in [0.2, 0.25) is 0 Å². The number of piperidine rings is 1. The van der Waals surface area contributed by atoms with E-state index < -0.39 is 0 Å². The summed E-state index contributed by atoms with van der Waals surface area (Å²) in [7, 11) is 2.12. The number of likely N-dealkylation sites (N-methyl/N-ethyl adjacent to an activating group) is 1. The summed E-state index contributed by atoms with van der Waals surface area (Å²) in [5.41, 5.74) is 0. The molecule has 1 atom stereocenters. The van der Waals surface area contributed by atoms with Gasteiger partial charge in [-0.2, -0.15) is 0 Å². The van der Waals surface area contributed by atoms with Crippen LogP contribution in [0.5, 0.6) is 0 Å². The van der Waals surface area contributed by atoms with Crippen molar-refractivity contribution in [2.24, 2.45) is 0 Å². The van der Waals surface area contributed by atoms with E-state index in [2.05, 4.69) is 17.3 Å². The van der Waals surface area contributed by atoms with Gasteiger partial charge in [0.1, 0.15) is 0 Å². The SMILES string of the molecule is CNC1CCCN(C2CCCCCCC2)C1. The van der Waals surface area contributed by atoms with Gasteiger partial charge in [-0.05, 0) is 39.3 Å². The molecule has 0 aromatic rings. The lowest BCUT2D eigenvalue weighted by Gasteiger charge is -2.39. The molecule has 0 amide bonds. The summed E-state index contributed by atoms with van der Waals surface area (Å²) in [6.45, 7) is 2.64. The number of nitrogens with one attached hydrogen (secondary N) is 1. The van der Waals surface area contributed by atoms with Crippen LogP contribution in [0, 0.1) is 0 Å². The molecule has 2 fully saturated rings. The third-order valence-corrected chi connectivity index (χ3v) is 4.45. The smallest absolute Gasteiger partial charge is 0.0192 e. The Morgan fingerprint density at radius 3 is 2.25 bits per heavy atom. The van der Waals surface area contributed by atoms with Crippen LogP contribution < -0.4 is 5.32 Å². The summed E-state index contributed by atoms with van der Waals surface area (Å²) in [4.78, 5) is 2.77. The van der Waals surface area contributed by atoms with E-state index in [9.17, 15) is 0 Å². The largest absolute Gasteiger partial charge is 0.316 e. The zero-order valence-electron chi connectivity index (χ0n) is 10.9. The molecule has 1 saturated carbocycles. The molecule has 0 spiro atoms. The number of likely N-dealkylation sites (tertiary alicyclic amines) is 1. The Labute approximate surface area is 101 Å². The number of hydrogen-bond acceptors (Lipinski definition) is 2. The summed E-state index contributed by atoms with van der Waals surface area (Å²) in [5, 5.41) is 3.46. The third-order valence-electron chi connectivity index (χ3n) is 4.45. The van der Waals surface area contributed by atoms with Gasteiger partial charge in [0.05, 0.1) is 0 Å². The maximum Gasteiger partial charge on any atom is 0.0192 e. The fraction of sp³-hybridized carbons (Fsp3) is 1.00. The molecule has 1 N–H and O–H groups in total. The van der Waals surface area contributed by atoms with Crippen molar-refractivity contribution < 1.29 is 0 Å². The van der Waals surface area contributed by atoms with Gasteiger partial charge in [0.25, 0.3) is 0 Å². The first-order valence-corrected chi connectivity index (χ1v) is 7.31. The normalized spacial score (nSPS) is 30.9. The quantitative estimate of drug-likeness (QED) is 0.776.